The molecule has 0 spiro atoms. The monoisotopic (exact) mass is 403 g/mol. The van der Waals surface area contributed by atoms with E-state index in [0.717, 1.165) is 0 Å². The van der Waals surface area contributed by atoms with Crippen molar-refractivity contribution in [3.63, 3.8) is 0 Å². The molecule has 0 aliphatic heterocycles. The van der Waals surface area contributed by atoms with Crippen molar-refractivity contribution in [1.82, 2.24) is 9.88 Å². The molecule has 7 heteroatoms. The zero-order chi connectivity index (χ0) is 21.1. The number of anilines is 1. The summed E-state index contributed by atoms with van der Waals surface area (Å²) in [6.07, 6.45) is 1.54. The number of pyridine rings is 1. The first-order valence-electron chi connectivity index (χ1n) is 9.26. The van der Waals surface area contributed by atoms with Crippen molar-refractivity contribution < 1.29 is 18.4 Å². The predicted octanol–water partition coefficient (Wildman–Crippen LogP) is 4.34. The van der Waals surface area contributed by atoms with Gasteiger partial charge in [-0.25, -0.2) is 9.37 Å². The van der Waals surface area contributed by atoms with Crippen molar-refractivity contribution in [2.45, 2.75) is 0 Å². The predicted molar refractivity (Wildman–Crippen MR) is 111 cm³/mol. The highest BCUT2D eigenvalue weighted by molar-refractivity contribution is 6.08. The highest BCUT2D eigenvalue weighted by atomic mass is 19.1. The van der Waals surface area contributed by atoms with Gasteiger partial charge in [0.2, 0.25) is 5.91 Å². The smallest absolute Gasteiger partial charge is 0.254 e. The summed E-state index contributed by atoms with van der Waals surface area (Å²) in [6.45, 7) is -0.192. The Morgan fingerprint density at radius 3 is 2.67 bits per heavy atom. The summed E-state index contributed by atoms with van der Waals surface area (Å²) in [5.74, 6) is -0.677. The number of para-hydroxylation sites is 1. The number of halogens is 1. The molecule has 4 rings (SSSR count). The number of nitrogens with one attached hydrogen (secondary N) is 1. The van der Waals surface area contributed by atoms with Gasteiger partial charge in [0.05, 0.1) is 23.9 Å². The third kappa shape index (κ3) is 4.05. The van der Waals surface area contributed by atoms with Gasteiger partial charge in [-0.3, -0.25) is 9.59 Å². The lowest BCUT2D eigenvalue weighted by Crippen LogP contribution is -2.35. The summed E-state index contributed by atoms with van der Waals surface area (Å²) in [5.41, 5.74) is 1.91. The Hall–Kier alpha value is -4.00. The van der Waals surface area contributed by atoms with Gasteiger partial charge in [0.15, 0.2) is 5.76 Å². The zero-order valence-corrected chi connectivity index (χ0v) is 16.1. The van der Waals surface area contributed by atoms with Gasteiger partial charge >= 0.3 is 0 Å². The Morgan fingerprint density at radius 1 is 1.07 bits per heavy atom. The molecule has 0 unspecified atom stereocenters. The van der Waals surface area contributed by atoms with E-state index in [1.807, 2.05) is 24.3 Å². The third-order valence-corrected chi connectivity index (χ3v) is 4.56. The third-order valence-electron chi connectivity index (χ3n) is 4.56. The van der Waals surface area contributed by atoms with E-state index in [-0.39, 0.29) is 12.5 Å². The first kappa shape index (κ1) is 19.3. The molecule has 2 heterocycles. The van der Waals surface area contributed by atoms with E-state index in [9.17, 15) is 14.0 Å². The van der Waals surface area contributed by atoms with Crippen LogP contribution in [-0.2, 0) is 4.79 Å². The lowest BCUT2D eigenvalue weighted by molar-refractivity contribution is -0.116. The first-order valence-corrected chi connectivity index (χ1v) is 9.26. The normalized spacial score (nSPS) is 10.7. The Morgan fingerprint density at radius 2 is 1.90 bits per heavy atom. The molecule has 0 aliphatic rings. The number of aromatic nitrogens is 1. The second kappa shape index (κ2) is 8.16. The minimum absolute atomic E-state index is 0.192. The minimum atomic E-state index is -0.453. The van der Waals surface area contributed by atoms with Crippen LogP contribution in [0.2, 0.25) is 0 Å². The summed E-state index contributed by atoms with van der Waals surface area (Å²) in [6, 6.07) is 18.0. The van der Waals surface area contributed by atoms with Crippen molar-refractivity contribution >= 4 is 28.4 Å². The van der Waals surface area contributed by atoms with Crippen molar-refractivity contribution in [2.24, 2.45) is 0 Å². The fraction of sp³-hybridized carbons (Fsp3) is 0.0870. The number of nitrogens with zero attached hydrogens (tertiary/aromatic N) is 2. The van der Waals surface area contributed by atoms with Crippen LogP contribution in [0.1, 0.15) is 10.4 Å². The number of rotatable bonds is 5. The van der Waals surface area contributed by atoms with Crippen molar-refractivity contribution in [3.8, 4) is 11.5 Å². The highest BCUT2D eigenvalue weighted by Gasteiger charge is 2.20. The number of hydrogen-bond acceptors (Lipinski definition) is 4. The summed E-state index contributed by atoms with van der Waals surface area (Å²) in [7, 11) is 1.54. The summed E-state index contributed by atoms with van der Waals surface area (Å²) >= 11 is 0. The Kier molecular flexibility index (Phi) is 5.26. The highest BCUT2D eigenvalue weighted by Crippen LogP contribution is 2.26. The van der Waals surface area contributed by atoms with Crippen LogP contribution in [0.15, 0.2) is 77.4 Å². The molecule has 0 aliphatic carbocycles. The number of carbonyl (C=O) groups excluding carboxylic acids is 2. The Balaban J connectivity index is 1.59. The summed E-state index contributed by atoms with van der Waals surface area (Å²) < 4.78 is 18.7. The van der Waals surface area contributed by atoms with Gasteiger partial charge in [-0.15, -0.1) is 0 Å². The minimum Gasteiger partial charge on any atom is -0.463 e. The number of carbonyl (C=O) groups is 2. The van der Waals surface area contributed by atoms with Crippen LogP contribution in [0.5, 0.6) is 0 Å². The second-order valence-electron chi connectivity index (χ2n) is 6.77. The Labute approximate surface area is 171 Å². The Bertz CT molecular complexity index is 1220. The average Bonchev–Trinajstić information content (AvgIpc) is 3.27. The lowest BCUT2D eigenvalue weighted by Gasteiger charge is -2.18. The van der Waals surface area contributed by atoms with Gasteiger partial charge in [-0.05, 0) is 42.5 Å². The van der Waals surface area contributed by atoms with E-state index in [1.54, 1.807) is 24.3 Å². The van der Waals surface area contributed by atoms with E-state index >= 15 is 0 Å². The van der Waals surface area contributed by atoms with Gasteiger partial charge in [0.1, 0.15) is 11.5 Å². The van der Waals surface area contributed by atoms with E-state index in [4.69, 9.17) is 4.42 Å². The fourth-order valence-electron chi connectivity index (χ4n) is 3.16. The van der Waals surface area contributed by atoms with E-state index in [1.165, 1.54) is 36.4 Å². The molecule has 0 saturated carbocycles. The molecule has 2 aromatic carbocycles. The first-order chi connectivity index (χ1) is 14.5. The standard InChI is InChI=1S/C23H18FN3O3/c1-27(14-22(28)25-16-7-4-6-15(24)12-16)23(29)18-13-20(21-10-5-11-30-21)26-19-9-3-2-8-17(18)19/h2-13H,14H2,1H3,(H,25,28). The molecule has 150 valence electrons. The fourth-order valence-corrected chi connectivity index (χ4v) is 3.16. The second-order valence-corrected chi connectivity index (χ2v) is 6.77. The SMILES string of the molecule is CN(CC(=O)Nc1cccc(F)c1)C(=O)c1cc(-c2ccco2)nc2ccccc12. The van der Waals surface area contributed by atoms with Crippen LogP contribution in [0.25, 0.3) is 22.4 Å². The number of amides is 2. The van der Waals surface area contributed by atoms with Crippen molar-refractivity contribution in [1.29, 1.82) is 0 Å². The maximum absolute atomic E-state index is 13.3. The topological polar surface area (TPSA) is 75.4 Å². The number of benzene rings is 2. The molecular formula is C23H18FN3O3. The molecule has 0 bridgehead atoms. The number of likely N-dealkylation sites (N-methyl/N-ethyl adjacent to an activating group) is 1. The molecule has 2 amide bonds. The molecule has 1 N–H and O–H groups in total. The van der Waals surface area contributed by atoms with Gasteiger partial charge in [0.25, 0.3) is 5.91 Å². The lowest BCUT2D eigenvalue weighted by atomic mass is 10.1. The average molecular weight is 403 g/mol. The summed E-state index contributed by atoms with van der Waals surface area (Å²) in [4.78, 5) is 31.4. The van der Waals surface area contributed by atoms with Gasteiger partial charge in [0, 0.05) is 18.1 Å². The van der Waals surface area contributed by atoms with Crippen molar-refractivity contribution in [2.75, 3.05) is 18.9 Å². The molecule has 0 fully saturated rings. The number of hydrogen-bond donors (Lipinski definition) is 1. The van der Waals surface area contributed by atoms with Crippen LogP contribution in [-0.4, -0.2) is 35.3 Å². The largest absolute Gasteiger partial charge is 0.463 e. The maximum atomic E-state index is 13.3. The molecular weight excluding hydrogens is 385 g/mol. The van der Waals surface area contributed by atoms with Gasteiger partial charge < -0.3 is 14.6 Å². The van der Waals surface area contributed by atoms with Crippen LogP contribution in [0, 0.1) is 5.82 Å². The van der Waals surface area contributed by atoms with Crippen LogP contribution >= 0.6 is 0 Å². The number of furan rings is 1. The molecule has 2 aromatic heterocycles. The van der Waals surface area contributed by atoms with Gasteiger partial charge in [-0.2, -0.15) is 0 Å². The number of fused-ring (bicyclic) bond motifs is 1. The van der Waals surface area contributed by atoms with Crippen molar-refractivity contribution in [3.05, 3.63) is 84.4 Å². The molecule has 6 nitrogen and oxygen atoms in total. The van der Waals surface area contributed by atoms with Gasteiger partial charge in [-0.1, -0.05) is 24.3 Å². The molecule has 0 atom stereocenters. The molecule has 4 aromatic rings. The van der Waals surface area contributed by atoms with E-state index < -0.39 is 11.7 Å². The summed E-state index contributed by atoms with van der Waals surface area (Å²) in [5, 5.41) is 3.27. The maximum Gasteiger partial charge on any atom is 0.254 e. The van der Waals surface area contributed by atoms with Crippen LogP contribution in [0.4, 0.5) is 10.1 Å². The molecule has 0 saturated heterocycles. The zero-order valence-electron chi connectivity index (χ0n) is 16.1. The van der Waals surface area contributed by atoms with Crippen LogP contribution in [0.3, 0.4) is 0 Å². The molecule has 30 heavy (non-hydrogen) atoms. The van der Waals surface area contributed by atoms with Crippen LogP contribution < -0.4 is 5.32 Å². The molecule has 0 radical (unpaired) electrons. The quantitative estimate of drug-likeness (QED) is 0.538. The van der Waals surface area contributed by atoms with E-state index in [2.05, 4.69) is 10.3 Å². The van der Waals surface area contributed by atoms with E-state index in [0.29, 0.717) is 33.6 Å².